The fourth-order valence-electron chi connectivity index (χ4n) is 6.27. The van der Waals surface area contributed by atoms with Gasteiger partial charge < -0.3 is 10.2 Å². The van der Waals surface area contributed by atoms with Gasteiger partial charge in [0.05, 0.1) is 6.10 Å². The van der Waals surface area contributed by atoms with Gasteiger partial charge in [0, 0.05) is 17.9 Å². The Balaban J connectivity index is 1.62. The van der Waals surface area contributed by atoms with Gasteiger partial charge in [-0.05, 0) is 79.4 Å². The average molecular weight is 357 g/mol. The van der Waals surface area contributed by atoms with E-state index in [1.54, 1.807) is 0 Å². The molecule has 0 amide bonds. The van der Waals surface area contributed by atoms with Crippen LogP contribution >= 0.6 is 0 Å². The zero-order chi connectivity index (χ0) is 18.5. The smallest absolute Gasteiger partial charge is 0.158 e. The van der Waals surface area contributed by atoms with E-state index in [1.165, 1.54) is 11.1 Å². The Labute approximate surface area is 156 Å². The lowest BCUT2D eigenvalue weighted by molar-refractivity contribution is -0.119. The van der Waals surface area contributed by atoms with Crippen molar-refractivity contribution < 1.29 is 15.0 Å². The largest absolute Gasteiger partial charge is 0.396 e. The summed E-state index contributed by atoms with van der Waals surface area (Å²) in [5.41, 5.74) is 2.40. The van der Waals surface area contributed by atoms with Crippen molar-refractivity contribution >= 4 is 5.78 Å². The van der Waals surface area contributed by atoms with Crippen molar-refractivity contribution in [1.82, 2.24) is 0 Å². The monoisotopic (exact) mass is 356 g/mol. The predicted molar refractivity (Wildman–Crippen MR) is 102 cm³/mol. The van der Waals surface area contributed by atoms with Gasteiger partial charge in [-0.3, -0.25) is 4.79 Å². The summed E-state index contributed by atoms with van der Waals surface area (Å²) in [6.45, 7) is 4.55. The minimum absolute atomic E-state index is 0.0339. The van der Waals surface area contributed by atoms with Crippen LogP contribution in [0, 0.1) is 35.0 Å². The third-order valence-corrected chi connectivity index (χ3v) is 7.88. The van der Waals surface area contributed by atoms with Crippen LogP contribution in [0.5, 0.6) is 0 Å². The maximum absolute atomic E-state index is 12.1. The van der Waals surface area contributed by atoms with Crippen LogP contribution in [0.3, 0.4) is 0 Å². The number of carbonyl (C=O) groups is 1. The highest BCUT2D eigenvalue weighted by Gasteiger charge is 2.56. The molecule has 2 saturated carbocycles. The van der Waals surface area contributed by atoms with E-state index in [9.17, 15) is 9.90 Å². The van der Waals surface area contributed by atoms with E-state index in [-0.39, 0.29) is 29.8 Å². The normalized spacial score (nSPS) is 45.9. The summed E-state index contributed by atoms with van der Waals surface area (Å²) >= 11 is 0. The second kappa shape index (κ2) is 6.76. The van der Waals surface area contributed by atoms with E-state index in [0.29, 0.717) is 23.7 Å². The molecule has 142 valence electrons. The van der Waals surface area contributed by atoms with Crippen molar-refractivity contribution in [2.75, 3.05) is 6.61 Å². The lowest BCUT2D eigenvalue weighted by Crippen LogP contribution is -2.46. The van der Waals surface area contributed by atoms with Crippen molar-refractivity contribution in [3.8, 4) is 0 Å². The van der Waals surface area contributed by atoms with E-state index in [2.05, 4.69) is 32.1 Å². The predicted octanol–water partition coefficient (Wildman–Crippen LogP) is 3.82. The van der Waals surface area contributed by atoms with Crippen LogP contribution in [0.4, 0.5) is 0 Å². The Morgan fingerprint density at radius 3 is 2.96 bits per heavy atom. The molecule has 0 bridgehead atoms. The van der Waals surface area contributed by atoms with Crippen molar-refractivity contribution in [1.29, 1.82) is 0 Å². The third-order valence-electron chi connectivity index (χ3n) is 7.88. The first kappa shape index (κ1) is 18.2. The van der Waals surface area contributed by atoms with E-state index >= 15 is 0 Å². The van der Waals surface area contributed by atoms with Gasteiger partial charge in [0.2, 0.25) is 0 Å². The molecule has 2 N–H and O–H groups in total. The van der Waals surface area contributed by atoms with Crippen LogP contribution in [0.1, 0.15) is 52.4 Å². The minimum Gasteiger partial charge on any atom is -0.396 e. The summed E-state index contributed by atoms with van der Waals surface area (Å²) < 4.78 is 0. The molecule has 7 atom stereocenters. The maximum Gasteiger partial charge on any atom is 0.158 e. The Morgan fingerprint density at radius 2 is 2.19 bits per heavy atom. The molecule has 0 spiro atoms. The molecular formula is C23H32O3. The van der Waals surface area contributed by atoms with Crippen molar-refractivity contribution in [2.45, 2.75) is 58.5 Å². The fourth-order valence-corrected chi connectivity index (χ4v) is 6.27. The first-order valence-corrected chi connectivity index (χ1v) is 10.4. The zero-order valence-electron chi connectivity index (χ0n) is 16.0. The minimum atomic E-state index is -0.343. The van der Waals surface area contributed by atoms with Gasteiger partial charge in [-0.2, -0.15) is 0 Å². The van der Waals surface area contributed by atoms with E-state index in [0.717, 1.165) is 38.5 Å². The maximum atomic E-state index is 12.1. The number of aliphatic hydroxyl groups excluding tert-OH is 2. The molecule has 0 radical (unpaired) electrons. The number of aliphatic hydroxyl groups is 2. The standard InChI is InChI=1S/C23H32O3/c1-14-11-19-15(13-21(14)25)6-7-18-17(19)8-9-23(2)20(18)12-16(22(23)26)5-3-4-10-24/h5-7,13-14,17-20,22,24,26H,3-4,8-12H2,1-2H3/t14?,17-,18+,19-,20-,22-,23-/m0/s1. The van der Waals surface area contributed by atoms with Crippen molar-refractivity contribution in [3.63, 3.8) is 0 Å². The SMILES string of the molecule is CC1C[C@H]2C(=CC1=O)C=C[C@@H]1[C@@H]2CC[C@]2(C)[C@@H](O)C(=CCCCO)C[C@@H]12. The molecule has 0 saturated heterocycles. The van der Waals surface area contributed by atoms with Gasteiger partial charge in [0.25, 0.3) is 0 Å². The molecule has 3 nitrogen and oxygen atoms in total. The molecular weight excluding hydrogens is 324 g/mol. The molecule has 4 aliphatic carbocycles. The van der Waals surface area contributed by atoms with Crippen LogP contribution in [0.25, 0.3) is 0 Å². The average Bonchev–Trinajstić information content (AvgIpc) is 2.88. The fraction of sp³-hybridized carbons (Fsp3) is 0.696. The summed E-state index contributed by atoms with van der Waals surface area (Å²) in [5.74, 6) is 2.56. The van der Waals surface area contributed by atoms with E-state index in [4.69, 9.17) is 5.11 Å². The van der Waals surface area contributed by atoms with Gasteiger partial charge in [0.15, 0.2) is 5.78 Å². The molecule has 26 heavy (non-hydrogen) atoms. The lowest BCUT2D eigenvalue weighted by atomic mass is 9.53. The molecule has 2 fully saturated rings. The van der Waals surface area contributed by atoms with Crippen LogP contribution in [-0.2, 0) is 4.79 Å². The summed E-state index contributed by atoms with van der Waals surface area (Å²) in [4.78, 5) is 12.1. The van der Waals surface area contributed by atoms with Crippen LogP contribution in [0.2, 0.25) is 0 Å². The Bertz CT molecular complexity index is 673. The van der Waals surface area contributed by atoms with Crippen molar-refractivity contribution in [3.05, 3.63) is 35.5 Å². The quantitative estimate of drug-likeness (QED) is 0.597. The number of hydrogen-bond acceptors (Lipinski definition) is 3. The highest BCUT2D eigenvalue weighted by atomic mass is 16.3. The Morgan fingerprint density at radius 1 is 1.38 bits per heavy atom. The second-order valence-electron chi connectivity index (χ2n) is 9.29. The number of fused-ring (bicyclic) bond motifs is 5. The number of carbonyl (C=O) groups excluding carboxylic acids is 1. The molecule has 0 aromatic rings. The van der Waals surface area contributed by atoms with Crippen LogP contribution in [0.15, 0.2) is 35.5 Å². The molecule has 0 aromatic heterocycles. The zero-order valence-corrected chi connectivity index (χ0v) is 16.0. The van der Waals surface area contributed by atoms with Gasteiger partial charge >= 0.3 is 0 Å². The number of ketones is 1. The summed E-state index contributed by atoms with van der Waals surface area (Å²) in [5, 5.41) is 20.1. The molecule has 3 heteroatoms. The van der Waals surface area contributed by atoms with Gasteiger partial charge in [0.1, 0.15) is 0 Å². The third kappa shape index (κ3) is 2.75. The molecule has 4 aliphatic rings. The topological polar surface area (TPSA) is 57.5 Å². The molecule has 0 heterocycles. The summed E-state index contributed by atoms with van der Waals surface area (Å²) in [6, 6.07) is 0. The van der Waals surface area contributed by atoms with Gasteiger partial charge in [-0.15, -0.1) is 0 Å². The first-order valence-electron chi connectivity index (χ1n) is 10.4. The summed E-state index contributed by atoms with van der Waals surface area (Å²) in [6.07, 6.45) is 14.1. The van der Waals surface area contributed by atoms with Crippen LogP contribution < -0.4 is 0 Å². The first-order chi connectivity index (χ1) is 12.5. The lowest BCUT2D eigenvalue weighted by Gasteiger charge is -2.51. The van der Waals surface area contributed by atoms with E-state index < -0.39 is 0 Å². The highest BCUT2D eigenvalue weighted by Crippen LogP contribution is 2.61. The Hall–Kier alpha value is -1.19. The van der Waals surface area contributed by atoms with Gasteiger partial charge in [-0.25, -0.2) is 0 Å². The van der Waals surface area contributed by atoms with Crippen molar-refractivity contribution in [2.24, 2.45) is 35.0 Å². The molecule has 1 unspecified atom stereocenters. The van der Waals surface area contributed by atoms with Crippen LogP contribution in [-0.4, -0.2) is 28.7 Å². The highest BCUT2D eigenvalue weighted by molar-refractivity contribution is 5.93. The number of hydrogen-bond donors (Lipinski definition) is 2. The Kier molecular flexibility index (Phi) is 4.73. The molecule has 0 aliphatic heterocycles. The molecule has 0 aromatic carbocycles. The molecule has 4 rings (SSSR count). The van der Waals surface area contributed by atoms with E-state index in [1.807, 2.05) is 6.08 Å². The number of allylic oxidation sites excluding steroid dienone is 5. The second-order valence-corrected chi connectivity index (χ2v) is 9.29. The summed E-state index contributed by atoms with van der Waals surface area (Å²) in [7, 11) is 0. The number of rotatable bonds is 3. The number of unbranched alkanes of at least 4 members (excludes halogenated alkanes) is 1. The van der Waals surface area contributed by atoms with Gasteiger partial charge in [-0.1, -0.05) is 32.1 Å².